The number of hydrogen-bond donors (Lipinski definition) is 6. The third-order valence-corrected chi connectivity index (χ3v) is 7.95. The van der Waals surface area contributed by atoms with Gasteiger partial charge in [-0.3, -0.25) is 14.4 Å². The van der Waals surface area contributed by atoms with Crippen molar-refractivity contribution in [2.45, 2.75) is 37.0 Å². The van der Waals surface area contributed by atoms with Crippen LogP contribution in [0.1, 0.15) is 34.3 Å². The number of benzene rings is 3. The van der Waals surface area contributed by atoms with Crippen molar-refractivity contribution in [1.29, 1.82) is 0 Å². The largest absolute Gasteiger partial charge is 0.480 e. The monoisotopic (exact) mass is 740 g/mol. The minimum atomic E-state index is -4.65. The second kappa shape index (κ2) is 16.4. The zero-order valence-electron chi connectivity index (χ0n) is 27.2. The van der Waals surface area contributed by atoms with Gasteiger partial charge in [0.25, 0.3) is 5.91 Å². The Morgan fingerprint density at radius 3 is 2.15 bits per heavy atom. The molecule has 18 heteroatoms. The Hall–Kier alpha value is -5.97. The fraction of sp³-hybridized carbons (Fsp3) is 0.265. The molecule has 0 aliphatic heterocycles. The molecule has 4 aromatic rings. The van der Waals surface area contributed by atoms with Crippen molar-refractivity contribution >= 4 is 52.9 Å². The number of rotatable bonds is 15. The van der Waals surface area contributed by atoms with E-state index < -0.39 is 60.6 Å². The van der Waals surface area contributed by atoms with E-state index in [0.717, 1.165) is 11.1 Å². The van der Waals surface area contributed by atoms with E-state index in [1.807, 2.05) is 42.5 Å². The summed E-state index contributed by atoms with van der Waals surface area (Å²) < 4.78 is 43.5. The Kier molecular flexibility index (Phi) is 11.7. The molecule has 0 saturated heterocycles. The van der Waals surface area contributed by atoms with Crippen molar-refractivity contribution < 1.29 is 42.2 Å². The quantitative estimate of drug-likeness (QED) is 0.0966. The maximum Gasteiger partial charge on any atom is 0.422 e. The highest BCUT2D eigenvalue weighted by molar-refractivity contribution is 6.35. The van der Waals surface area contributed by atoms with Gasteiger partial charge in [-0.2, -0.15) is 28.1 Å². The van der Waals surface area contributed by atoms with E-state index in [4.69, 9.17) is 16.3 Å². The molecule has 0 radical (unpaired) electrons. The van der Waals surface area contributed by atoms with Gasteiger partial charge in [-0.1, -0.05) is 54.1 Å². The number of nitrogens with zero attached hydrogens (tertiary/aromatic N) is 3. The summed E-state index contributed by atoms with van der Waals surface area (Å²) >= 11 is 6.01. The number of halogens is 4. The number of aromatic nitrogens is 3. The maximum atomic E-state index is 12.9. The van der Waals surface area contributed by atoms with E-state index in [2.05, 4.69) is 41.5 Å². The highest BCUT2D eigenvalue weighted by atomic mass is 35.5. The number of anilines is 3. The van der Waals surface area contributed by atoms with E-state index >= 15 is 0 Å². The number of carbonyl (C=O) groups is 4. The minimum Gasteiger partial charge on any atom is -0.480 e. The number of amides is 3. The molecule has 5 rings (SSSR count). The first-order chi connectivity index (χ1) is 24.8. The number of aliphatic carboxylic acids is 1. The number of hydrogen-bond acceptors (Lipinski definition) is 10. The molecule has 0 spiro atoms. The first-order valence-electron chi connectivity index (χ1n) is 15.8. The summed E-state index contributed by atoms with van der Waals surface area (Å²) in [4.78, 5) is 61.2. The number of alkyl halides is 3. The molecule has 1 fully saturated rings. The third-order valence-electron chi connectivity index (χ3n) is 7.70. The Morgan fingerprint density at radius 2 is 1.52 bits per heavy atom. The van der Waals surface area contributed by atoms with Crippen LogP contribution in [-0.2, 0) is 26.3 Å². The van der Waals surface area contributed by atoms with Gasteiger partial charge in [-0.25, -0.2) is 4.79 Å². The van der Waals surface area contributed by atoms with Gasteiger partial charge in [0.1, 0.15) is 6.04 Å². The molecular formula is C34H32ClF3N8O6. The van der Waals surface area contributed by atoms with Crippen molar-refractivity contribution in [1.82, 2.24) is 30.9 Å². The van der Waals surface area contributed by atoms with E-state index in [1.54, 1.807) is 12.1 Å². The lowest BCUT2D eigenvalue weighted by Gasteiger charge is -2.19. The molecule has 52 heavy (non-hydrogen) atoms. The highest BCUT2D eigenvalue weighted by Crippen LogP contribution is 2.48. The van der Waals surface area contributed by atoms with Crippen molar-refractivity contribution in [2.75, 3.05) is 30.3 Å². The van der Waals surface area contributed by atoms with Gasteiger partial charge in [0.05, 0.1) is 5.54 Å². The summed E-state index contributed by atoms with van der Waals surface area (Å²) in [5.74, 6) is -4.48. The smallest absolute Gasteiger partial charge is 0.422 e. The molecule has 1 saturated carbocycles. The Balaban J connectivity index is 1.19. The van der Waals surface area contributed by atoms with E-state index in [1.165, 1.54) is 24.3 Å². The highest BCUT2D eigenvalue weighted by Gasteiger charge is 2.45. The van der Waals surface area contributed by atoms with Gasteiger partial charge in [-0.05, 0) is 66.8 Å². The number of carbonyl (C=O) groups excluding carboxylic acids is 3. The van der Waals surface area contributed by atoms with Crippen LogP contribution in [-0.4, -0.2) is 75.7 Å². The van der Waals surface area contributed by atoms with Crippen molar-refractivity contribution in [3.05, 3.63) is 101 Å². The second-order valence-corrected chi connectivity index (χ2v) is 12.1. The molecule has 1 atom stereocenters. The fourth-order valence-corrected chi connectivity index (χ4v) is 5.00. The number of carboxylic acids is 1. The van der Waals surface area contributed by atoms with Crippen LogP contribution in [0.5, 0.6) is 6.01 Å². The molecule has 1 aliphatic carbocycles. The predicted octanol–water partition coefficient (Wildman–Crippen LogP) is 3.97. The van der Waals surface area contributed by atoms with Crippen molar-refractivity contribution in [2.24, 2.45) is 0 Å². The summed E-state index contributed by atoms with van der Waals surface area (Å²) in [5, 5.41) is 23.1. The molecule has 14 nitrogen and oxygen atoms in total. The first-order valence-corrected chi connectivity index (χ1v) is 16.2. The van der Waals surface area contributed by atoms with Crippen molar-refractivity contribution in [3.63, 3.8) is 0 Å². The SMILES string of the molecule is O=C(NCCc1ccccc1)C(=O)NC[C@H](NC(=O)c1ccc(Nc2nc(NC3(c4ccc(Cl)cc4)CC3)nc(OCC(F)(F)F)n2)cc1)C(=O)O. The number of nitrogens with one attached hydrogen (secondary N) is 5. The van der Waals surface area contributed by atoms with Gasteiger partial charge in [0.15, 0.2) is 6.61 Å². The molecule has 1 aliphatic rings. The summed E-state index contributed by atoms with van der Waals surface area (Å²) in [6.07, 6.45) is -2.76. The first kappa shape index (κ1) is 37.3. The predicted molar refractivity (Wildman–Crippen MR) is 182 cm³/mol. The van der Waals surface area contributed by atoms with Crippen LogP contribution in [0, 0.1) is 0 Å². The fourth-order valence-electron chi connectivity index (χ4n) is 4.87. The Bertz CT molecular complexity index is 1900. The van der Waals surface area contributed by atoms with Gasteiger partial charge in [0, 0.05) is 29.4 Å². The van der Waals surface area contributed by atoms with E-state index in [-0.39, 0.29) is 24.0 Å². The average Bonchev–Trinajstić information content (AvgIpc) is 3.89. The molecule has 272 valence electrons. The lowest BCUT2D eigenvalue weighted by Crippen LogP contribution is -2.51. The zero-order valence-corrected chi connectivity index (χ0v) is 27.9. The number of ether oxygens (including phenoxy) is 1. The summed E-state index contributed by atoms with van der Waals surface area (Å²) in [7, 11) is 0. The Labute approximate surface area is 299 Å². The molecule has 0 bridgehead atoms. The maximum absolute atomic E-state index is 12.9. The van der Waals surface area contributed by atoms with Gasteiger partial charge in [-0.15, -0.1) is 0 Å². The van der Waals surface area contributed by atoms with E-state index in [0.29, 0.717) is 30.0 Å². The third kappa shape index (κ3) is 10.8. The van der Waals surface area contributed by atoms with Gasteiger partial charge in [0.2, 0.25) is 11.9 Å². The van der Waals surface area contributed by atoms with Crippen LogP contribution in [0.4, 0.5) is 30.8 Å². The molecule has 3 amide bonds. The van der Waals surface area contributed by atoms with E-state index in [9.17, 15) is 37.5 Å². The average molecular weight is 741 g/mol. The topological polar surface area (TPSA) is 197 Å². The van der Waals surface area contributed by atoms with Crippen LogP contribution < -0.4 is 31.3 Å². The number of carboxylic acid groups (broad SMARTS) is 1. The molecule has 1 heterocycles. The van der Waals surface area contributed by atoms with Crippen LogP contribution in [0.3, 0.4) is 0 Å². The molecule has 1 aromatic heterocycles. The van der Waals surface area contributed by atoms with Crippen molar-refractivity contribution in [3.8, 4) is 6.01 Å². The summed E-state index contributed by atoms with van der Waals surface area (Å²) in [5.41, 5.74) is 1.62. The van der Waals surface area contributed by atoms with Crippen LogP contribution in [0.2, 0.25) is 5.02 Å². The molecule has 0 unspecified atom stereocenters. The summed E-state index contributed by atoms with van der Waals surface area (Å²) in [6.45, 7) is -2.02. The van der Waals surface area contributed by atoms with Gasteiger partial charge < -0.3 is 36.4 Å². The summed E-state index contributed by atoms with van der Waals surface area (Å²) in [6, 6.07) is 19.7. The minimum absolute atomic E-state index is 0.0348. The molecular weight excluding hydrogens is 709 g/mol. The normalized spacial score (nSPS) is 13.6. The lowest BCUT2D eigenvalue weighted by molar-refractivity contribution is -0.154. The zero-order chi connectivity index (χ0) is 37.3. The molecule has 3 aromatic carbocycles. The van der Waals surface area contributed by atoms with Gasteiger partial charge >= 0.3 is 30.0 Å². The second-order valence-electron chi connectivity index (χ2n) is 11.7. The Morgan fingerprint density at radius 1 is 0.865 bits per heavy atom. The lowest BCUT2D eigenvalue weighted by atomic mass is 10.1. The van der Waals surface area contributed by atoms with Crippen LogP contribution in [0.15, 0.2) is 78.9 Å². The van der Waals surface area contributed by atoms with Crippen LogP contribution >= 0.6 is 11.6 Å². The molecule has 6 N–H and O–H groups in total. The van der Waals surface area contributed by atoms with Crippen LogP contribution in [0.25, 0.3) is 0 Å². The standard InChI is InChI=1S/C34H32ClF3N8O6/c35-23-10-8-22(9-11-23)33(15-16-33)46-31-43-30(44-32(45-31)52-19-34(36,37)38)41-24-12-6-21(7-13-24)26(47)42-25(29(50)51)18-40-28(49)27(48)39-17-14-20-4-2-1-3-5-20/h1-13,25H,14-19H2,(H,39,48)(H,40,49)(H,42,47)(H,50,51)(H2,41,43,44,45,46)/t25-/m0/s1.